The highest BCUT2D eigenvalue weighted by Gasteiger charge is 2.12. The Kier molecular flexibility index (Phi) is 3.63. The summed E-state index contributed by atoms with van der Waals surface area (Å²) >= 11 is 1.76. The van der Waals surface area contributed by atoms with E-state index in [1.165, 1.54) is 0 Å². The van der Waals surface area contributed by atoms with Crippen LogP contribution in [0.3, 0.4) is 0 Å². The van der Waals surface area contributed by atoms with E-state index in [0.717, 1.165) is 26.1 Å². The molecular formula is C7H11NOS. The minimum Gasteiger partial charge on any atom is -0.381 e. The van der Waals surface area contributed by atoms with E-state index in [-0.39, 0.29) is 0 Å². The second-order valence-corrected chi connectivity index (χ2v) is 3.57. The molecule has 1 aliphatic heterocycles. The average molecular weight is 157 g/mol. The van der Waals surface area contributed by atoms with Crippen LogP contribution in [0.2, 0.25) is 0 Å². The van der Waals surface area contributed by atoms with Gasteiger partial charge in [0.15, 0.2) is 0 Å². The van der Waals surface area contributed by atoms with Crippen LogP contribution in [0.25, 0.3) is 0 Å². The van der Waals surface area contributed by atoms with E-state index in [2.05, 4.69) is 6.07 Å². The Morgan fingerprint density at radius 1 is 1.50 bits per heavy atom. The van der Waals surface area contributed by atoms with Crippen LogP contribution in [0.5, 0.6) is 0 Å². The molecule has 3 heteroatoms. The molecule has 10 heavy (non-hydrogen) atoms. The van der Waals surface area contributed by atoms with Gasteiger partial charge in [0.05, 0.1) is 11.8 Å². The minimum atomic E-state index is 0.630. The highest BCUT2D eigenvalue weighted by Crippen LogP contribution is 2.20. The molecular weight excluding hydrogens is 146 g/mol. The van der Waals surface area contributed by atoms with Crippen LogP contribution in [-0.4, -0.2) is 24.2 Å². The molecule has 1 rings (SSSR count). The fourth-order valence-electron chi connectivity index (χ4n) is 0.998. The maximum atomic E-state index is 8.29. The Bertz CT molecular complexity index is 126. The van der Waals surface area contributed by atoms with Crippen LogP contribution in [-0.2, 0) is 4.74 Å². The summed E-state index contributed by atoms with van der Waals surface area (Å²) in [4.78, 5) is 0. The zero-order chi connectivity index (χ0) is 7.23. The SMILES string of the molecule is N#CCSC1CCOCC1. The van der Waals surface area contributed by atoms with Gasteiger partial charge in [-0.2, -0.15) is 5.26 Å². The van der Waals surface area contributed by atoms with Gasteiger partial charge in [0.25, 0.3) is 0 Å². The third-order valence-electron chi connectivity index (χ3n) is 1.55. The van der Waals surface area contributed by atoms with Crippen molar-refractivity contribution in [2.24, 2.45) is 0 Å². The van der Waals surface area contributed by atoms with E-state index >= 15 is 0 Å². The van der Waals surface area contributed by atoms with Crippen molar-refractivity contribution in [1.82, 2.24) is 0 Å². The van der Waals surface area contributed by atoms with Crippen molar-refractivity contribution < 1.29 is 4.74 Å². The summed E-state index contributed by atoms with van der Waals surface area (Å²) in [5.41, 5.74) is 0. The monoisotopic (exact) mass is 157 g/mol. The van der Waals surface area contributed by atoms with Gasteiger partial charge in [-0.15, -0.1) is 11.8 Å². The smallest absolute Gasteiger partial charge is 0.0810 e. The largest absolute Gasteiger partial charge is 0.381 e. The molecule has 0 radical (unpaired) electrons. The van der Waals surface area contributed by atoms with E-state index in [1.807, 2.05) is 0 Å². The number of nitrogens with zero attached hydrogens (tertiary/aromatic N) is 1. The normalized spacial score (nSPS) is 20.3. The van der Waals surface area contributed by atoms with Gasteiger partial charge in [-0.1, -0.05) is 0 Å². The van der Waals surface area contributed by atoms with E-state index in [9.17, 15) is 0 Å². The molecule has 0 aromatic carbocycles. The maximum Gasteiger partial charge on any atom is 0.0810 e. The van der Waals surface area contributed by atoms with Crippen molar-refractivity contribution in [1.29, 1.82) is 5.26 Å². The van der Waals surface area contributed by atoms with Crippen molar-refractivity contribution in [3.05, 3.63) is 0 Å². The lowest BCUT2D eigenvalue weighted by molar-refractivity contribution is 0.100. The summed E-state index contributed by atoms with van der Waals surface area (Å²) in [6.07, 6.45) is 2.23. The Morgan fingerprint density at radius 2 is 2.20 bits per heavy atom. The molecule has 0 aliphatic carbocycles. The molecule has 0 aromatic heterocycles. The molecule has 0 spiro atoms. The highest BCUT2D eigenvalue weighted by molar-refractivity contribution is 8.00. The van der Waals surface area contributed by atoms with Crippen LogP contribution in [0.4, 0.5) is 0 Å². The van der Waals surface area contributed by atoms with Crippen LogP contribution in [0.15, 0.2) is 0 Å². The first-order valence-corrected chi connectivity index (χ1v) is 4.54. The lowest BCUT2D eigenvalue weighted by Gasteiger charge is -2.19. The van der Waals surface area contributed by atoms with E-state index < -0.39 is 0 Å². The van der Waals surface area contributed by atoms with Gasteiger partial charge in [-0.3, -0.25) is 0 Å². The fraction of sp³-hybridized carbons (Fsp3) is 0.857. The first-order chi connectivity index (χ1) is 4.93. The van der Waals surface area contributed by atoms with E-state index in [1.54, 1.807) is 11.8 Å². The standard InChI is InChI=1S/C7H11NOS/c8-3-6-10-7-1-4-9-5-2-7/h7H,1-2,4-6H2. The van der Waals surface area contributed by atoms with Crippen molar-refractivity contribution in [2.75, 3.05) is 19.0 Å². The lowest BCUT2D eigenvalue weighted by Crippen LogP contribution is -2.17. The molecule has 1 fully saturated rings. The molecule has 1 heterocycles. The van der Waals surface area contributed by atoms with Crippen molar-refractivity contribution in [3.63, 3.8) is 0 Å². The third kappa shape index (κ3) is 2.59. The molecule has 1 saturated heterocycles. The topological polar surface area (TPSA) is 33.0 Å². The highest BCUT2D eigenvalue weighted by atomic mass is 32.2. The fourth-order valence-corrected chi connectivity index (χ4v) is 1.83. The van der Waals surface area contributed by atoms with Gasteiger partial charge in [-0.05, 0) is 12.8 Å². The Labute approximate surface area is 65.6 Å². The Balaban J connectivity index is 2.09. The predicted molar refractivity (Wildman–Crippen MR) is 41.9 cm³/mol. The molecule has 56 valence electrons. The molecule has 0 saturated carbocycles. The molecule has 0 amide bonds. The number of nitriles is 1. The predicted octanol–water partition coefficient (Wildman–Crippen LogP) is 1.42. The quantitative estimate of drug-likeness (QED) is 0.607. The number of rotatable bonds is 2. The number of thioether (sulfide) groups is 1. The van der Waals surface area contributed by atoms with Crippen LogP contribution >= 0.6 is 11.8 Å². The van der Waals surface area contributed by atoms with Gasteiger partial charge in [0.1, 0.15) is 0 Å². The molecule has 0 atom stereocenters. The molecule has 0 unspecified atom stereocenters. The van der Waals surface area contributed by atoms with Crippen molar-refractivity contribution >= 4 is 11.8 Å². The summed E-state index contributed by atoms with van der Waals surface area (Å²) < 4.78 is 5.18. The van der Waals surface area contributed by atoms with Crippen LogP contribution in [0.1, 0.15) is 12.8 Å². The van der Waals surface area contributed by atoms with E-state index in [0.29, 0.717) is 11.0 Å². The number of ether oxygens (including phenoxy) is 1. The summed E-state index contributed by atoms with van der Waals surface area (Å²) in [5, 5.41) is 8.97. The molecule has 2 nitrogen and oxygen atoms in total. The second-order valence-electron chi connectivity index (χ2n) is 2.28. The number of hydrogen-bond donors (Lipinski definition) is 0. The Morgan fingerprint density at radius 3 is 2.80 bits per heavy atom. The summed E-state index contributed by atoms with van der Waals surface area (Å²) in [5.74, 6) is 0.630. The first kappa shape index (κ1) is 7.90. The molecule has 0 bridgehead atoms. The lowest BCUT2D eigenvalue weighted by atomic mass is 10.2. The molecule has 0 aromatic rings. The zero-order valence-corrected chi connectivity index (χ0v) is 6.69. The number of hydrogen-bond acceptors (Lipinski definition) is 3. The Hall–Kier alpha value is -0.200. The van der Waals surface area contributed by atoms with Crippen molar-refractivity contribution in [3.8, 4) is 6.07 Å². The van der Waals surface area contributed by atoms with Gasteiger partial charge in [0.2, 0.25) is 0 Å². The average Bonchev–Trinajstić information content (AvgIpc) is 2.03. The van der Waals surface area contributed by atoms with Gasteiger partial charge >= 0.3 is 0 Å². The maximum absolute atomic E-state index is 8.29. The summed E-state index contributed by atoms with van der Waals surface area (Å²) in [6, 6.07) is 2.14. The van der Waals surface area contributed by atoms with Crippen molar-refractivity contribution in [2.45, 2.75) is 18.1 Å². The van der Waals surface area contributed by atoms with Gasteiger partial charge < -0.3 is 4.74 Å². The second kappa shape index (κ2) is 4.59. The van der Waals surface area contributed by atoms with Crippen LogP contribution < -0.4 is 0 Å². The summed E-state index contributed by atoms with van der Waals surface area (Å²) in [6.45, 7) is 1.76. The third-order valence-corrected chi connectivity index (χ3v) is 2.79. The van der Waals surface area contributed by atoms with Gasteiger partial charge in [0, 0.05) is 18.5 Å². The van der Waals surface area contributed by atoms with Gasteiger partial charge in [-0.25, -0.2) is 0 Å². The molecule has 1 aliphatic rings. The summed E-state index contributed by atoms with van der Waals surface area (Å²) in [7, 11) is 0. The molecule has 0 N–H and O–H groups in total. The van der Waals surface area contributed by atoms with Crippen LogP contribution in [0, 0.1) is 11.3 Å². The minimum absolute atomic E-state index is 0.630. The van der Waals surface area contributed by atoms with E-state index in [4.69, 9.17) is 10.00 Å². The zero-order valence-electron chi connectivity index (χ0n) is 5.88. The first-order valence-electron chi connectivity index (χ1n) is 3.50.